The summed E-state index contributed by atoms with van der Waals surface area (Å²) in [5.41, 5.74) is 1.23. The molecular formula is C13H11NO4S. The Kier molecular flexibility index (Phi) is 2.87. The van der Waals surface area contributed by atoms with Gasteiger partial charge in [0.15, 0.2) is 11.5 Å². The van der Waals surface area contributed by atoms with Crippen LogP contribution in [0.2, 0.25) is 0 Å². The molecule has 0 saturated heterocycles. The molecule has 1 aliphatic heterocycles. The highest BCUT2D eigenvalue weighted by molar-refractivity contribution is 7.14. The SMILES string of the molecule is CCc1nc(-c2ccc3c(c2)OCO3)c(C(=O)O)s1. The van der Waals surface area contributed by atoms with E-state index in [1.54, 1.807) is 18.2 Å². The first-order valence-corrected chi connectivity index (χ1v) is 6.63. The van der Waals surface area contributed by atoms with Gasteiger partial charge in [-0.1, -0.05) is 6.92 Å². The average molecular weight is 277 g/mol. The monoisotopic (exact) mass is 277 g/mol. The lowest BCUT2D eigenvalue weighted by atomic mass is 10.1. The molecule has 0 saturated carbocycles. The van der Waals surface area contributed by atoms with Crippen molar-refractivity contribution in [3.8, 4) is 22.8 Å². The molecule has 0 atom stereocenters. The number of aromatic nitrogens is 1. The molecule has 3 rings (SSSR count). The van der Waals surface area contributed by atoms with Gasteiger partial charge in [0.05, 0.1) is 10.7 Å². The van der Waals surface area contributed by atoms with E-state index >= 15 is 0 Å². The summed E-state index contributed by atoms with van der Waals surface area (Å²) < 4.78 is 10.5. The summed E-state index contributed by atoms with van der Waals surface area (Å²) in [4.78, 5) is 15.9. The number of aromatic carboxylic acids is 1. The Balaban J connectivity index is 2.10. The van der Waals surface area contributed by atoms with Crippen molar-refractivity contribution in [1.82, 2.24) is 4.98 Å². The van der Waals surface area contributed by atoms with E-state index in [1.807, 2.05) is 6.92 Å². The second-order valence-corrected chi connectivity index (χ2v) is 5.10. The fraction of sp³-hybridized carbons (Fsp3) is 0.231. The van der Waals surface area contributed by atoms with E-state index < -0.39 is 5.97 Å². The van der Waals surface area contributed by atoms with Gasteiger partial charge in [-0.15, -0.1) is 11.3 Å². The Hall–Kier alpha value is -2.08. The van der Waals surface area contributed by atoms with Crippen LogP contribution in [-0.2, 0) is 6.42 Å². The molecule has 0 unspecified atom stereocenters. The van der Waals surface area contributed by atoms with Crippen LogP contribution in [-0.4, -0.2) is 22.9 Å². The van der Waals surface area contributed by atoms with Crippen LogP contribution in [0, 0.1) is 0 Å². The topological polar surface area (TPSA) is 68.7 Å². The molecule has 0 amide bonds. The minimum absolute atomic E-state index is 0.196. The van der Waals surface area contributed by atoms with E-state index in [0.29, 0.717) is 17.2 Å². The Morgan fingerprint density at radius 3 is 2.95 bits per heavy atom. The van der Waals surface area contributed by atoms with Crippen LogP contribution in [0.3, 0.4) is 0 Å². The maximum Gasteiger partial charge on any atom is 0.348 e. The van der Waals surface area contributed by atoms with E-state index in [1.165, 1.54) is 11.3 Å². The molecule has 19 heavy (non-hydrogen) atoms. The number of carbonyl (C=O) groups is 1. The molecule has 0 radical (unpaired) electrons. The molecule has 6 heteroatoms. The number of carboxylic acid groups (broad SMARTS) is 1. The smallest absolute Gasteiger partial charge is 0.348 e. The minimum Gasteiger partial charge on any atom is -0.477 e. The normalized spacial score (nSPS) is 12.7. The van der Waals surface area contributed by atoms with Crippen LogP contribution in [0.25, 0.3) is 11.3 Å². The van der Waals surface area contributed by atoms with E-state index in [2.05, 4.69) is 4.98 Å². The van der Waals surface area contributed by atoms with Gasteiger partial charge in [0.1, 0.15) is 4.88 Å². The van der Waals surface area contributed by atoms with Gasteiger partial charge < -0.3 is 14.6 Å². The molecular weight excluding hydrogens is 266 g/mol. The maximum absolute atomic E-state index is 11.3. The standard InChI is InChI=1S/C13H11NO4S/c1-2-10-14-11(12(19-10)13(15)16)7-3-4-8-9(5-7)18-6-17-8/h3-5H,2,6H2,1H3,(H,15,16). The Bertz CT molecular complexity index is 650. The number of hydrogen-bond acceptors (Lipinski definition) is 5. The summed E-state index contributed by atoms with van der Waals surface area (Å²) in [6, 6.07) is 5.34. The first kappa shape index (κ1) is 12.0. The van der Waals surface area contributed by atoms with E-state index in [9.17, 15) is 9.90 Å². The quantitative estimate of drug-likeness (QED) is 0.934. The molecule has 98 valence electrons. The number of carboxylic acids is 1. The molecule has 2 aromatic rings. The van der Waals surface area contributed by atoms with Gasteiger partial charge in [-0.05, 0) is 24.6 Å². The summed E-state index contributed by atoms with van der Waals surface area (Å²) in [7, 11) is 0. The van der Waals surface area contributed by atoms with Crippen molar-refractivity contribution in [2.75, 3.05) is 6.79 Å². The van der Waals surface area contributed by atoms with Crippen LogP contribution in [0.4, 0.5) is 0 Å². The second kappa shape index (κ2) is 4.55. The van der Waals surface area contributed by atoms with E-state index in [4.69, 9.17) is 9.47 Å². The van der Waals surface area contributed by atoms with E-state index in [0.717, 1.165) is 17.0 Å². The number of benzene rings is 1. The fourth-order valence-electron chi connectivity index (χ4n) is 1.90. The highest BCUT2D eigenvalue weighted by Gasteiger charge is 2.21. The number of thiazole rings is 1. The molecule has 2 heterocycles. The summed E-state index contributed by atoms with van der Waals surface area (Å²) in [5, 5.41) is 10.1. The van der Waals surface area contributed by atoms with Crippen LogP contribution >= 0.6 is 11.3 Å². The summed E-state index contributed by atoms with van der Waals surface area (Å²) in [6.45, 7) is 2.15. The number of ether oxygens (including phenoxy) is 2. The number of rotatable bonds is 3. The van der Waals surface area contributed by atoms with Gasteiger partial charge in [-0.3, -0.25) is 0 Å². The number of hydrogen-bond donors (Lipinski definition) is 1. The lowest BCUT2D eigenvalue weighted by molar-refractivity contribution is 0.0702. The highest BCUT2D eigenvalue weighted by Crippen LogP contribution is 2.37. The predicted octanol–water partition coefficient (Wildman–Crippen LogP) is 2.80. The molecule has 0 bridgehead atoms. The van der Waals surface area contributed by atoms with Gasteiger partial charge >= 0.3 is 5.97 Å². The number of nitrogens with zero attached hydrogens (tertiary/aromatic N) is 1. The zero-order valence-corrected chi connectivity index (χ0v) is 11.0. The molecule has 5 nitrogen and oxygen atoms in total. The Labute approximate surface area is 113 Å². The molecule has 1 aromatic heterocycles. The Morgan fingerprint density at radius 1 is 1.42 bits per heavy atom. The van der Waals surface area contributed by atoms with Gasteiger partial charge in [0.25, 0.3) is 0 Å². The largest absolute Gasteiger partial charge is 0.477 e. The van der Waals surface area contributed by atoms with Crippen LogP contribution in [0.5, 0.6) is 11.5 Å². The predicted molar refractivity (Wildman–Crippen MR) is 70.0 cm³/mol. The van der Waals surface area contributed by atoms with Gasteiger partial charge in [-0.25, -0.2) is 9.78 Å². The molecule has 1 aliphatic rings. The van der Waals surface area contributed by atoms with Crippen molar-refractivity contribution >= 4 is 17.3 Å². The van der Waals surface area contributed by atoms with Crippen LogP contribution in [0.1, 0.15) is 21.6 Å². The molecule has 1 N–H and O–H groups in total. The molecule has 0 aliphatic carbocycles. The highest BCUT2D eigenvalue weighted by atomic mass is 32.1. The third-order valence-corrected chi connectivity index (χ3v) is 4.00. The third kappa shape index (κ3) is 2.04. The minimum atomic E-state index is -0.954. The summed E-state index contributed by atoms with van der Waals surface area (Å²) in [5.74, 6) is 0.344. The van der Waals surface area contributed by atoms with Crippen molar-refractivity contribution < 1.29 is 19.4 Å². The summed E-state index contributed by atoms with van der Waals surface area (Å²) >= 11 is 1.21. The lowest BCUT2D eigenvalue weighted by Crippen LogP contribution is -1.95. The molecule has 1 aromatic carbocycles. The zero-order chi connectivity index (χ0) is 13.4. The number of fused-ring (bicyclic) bond motifs is 1. The van der Waals surface area contributed by atoms with Gasteiger partial charge in [-0.2, -0.15) is 0 Å². The van der Waals surface area contributed by atoms with Crippen molar-refractivity contribution in [3.63, 3.8) is 0 Å². The summed E-state index contributed by atoms with van der Waals surface area (Å²) in [6.07, 6.45) is 0.718. The third-order valence-electron chi connectivity index (χ3n) is 2.81. The average Bonchev–Trinajstić information content (AvgIpc) is 3.04. The second-order valence-electron chi connectivity index (χ2n) is 4.01. The van der Waals surface area contributed by atoms with Crippen molar-refractivity contribution in [3.05, 3.63) is 28.1 Å². The zero-order valence-electron chi connectivity index (χ0n) is 10.2. The van der Waals surface area contributed by atoms with Crippen LogP contribution in [0.15, 0.2) is 18.2 Å². The van der Waals surface area contributed by atoms with Crippen molar-refractivity contribution in [1.29, 1.82) is 0 Å². The first-order chi connectivity index (χ1) is 9.19. The van der Waals surface area contributed by atoms with Crippen molar-refractivity contribution in [2.24, 2.45) is 0 Å². The molecule has 0 spiro atoms. The van der Waals surface area contributed by atoms with E-state index in [-0.39, 0.29) is 11.7 Å². The maximum atomic E-state index is 11.3. The van der Waals surface area contributed by atoms with Gasteiger partial charge in [0.2, 0.25) is 6.79 Å². The molecule has 0 fully saturated rings. The Morgan fingerprint density at radius 2 is 2.21 bits per heavy atom. The van der Waals surface area contributed by atoms with Crippen molar-refractivity contribution in [2.45, 2.75) is 13.3 Å². The van der Waals surface area contributed by atoms with Crippen LogP contribution < -0.4 is 9.47 Å². The number of aryl methyl sites for hydroxylation is 1. The first-order valence-electron chi connectivity index (χ1n) is 5.82. The fourth-order valence-corrected chi connectivity index (χ4v) is 2.76. The van der Waals surface area contributed by atoms with Gasteiger partial charge in [0, 0.05) is 5.56 Å². The lowest BCUT2D eigenvalue weighted by Gasteiger charge is -2.01.